The van der Waals surface area contributed by atoms with Crippen LogP contribution in [0.15, 0.2) is 85.1 Å². The van der Waals surface area contributed by atoms with Crippen molar-refractivity contribution in [3.63, 3.8) is 0 Å². The summed E-state index contributed by atoms with van der Waals surface area (Å²) in [6, 6.07) is 22.9. The van der Waals surface area contributed by atoms with Crippen LogP contribution in [-0.2, 0) is 6.42 Å². The molecule has 0 heterocycles. The molecule has 0 aromatic heterocycles. The van der Waals surface area contributed by atoms with Gasteiger partial charge in [-0.15, -0.1) is 0 Å². The van der Waals surface area contributed by atoms with E-state index in [0.29, 0.717) is 15.6 Å². The minimum atomic E-state index is -0.136. The molecule has 0 saturated heterocycles. The van der Waals surface area contributed by atoms with E-state index in [4.69, 9.17) is 28.6 Å². The summed E-state index contributed by atoms with van der Waals surface area (Å²) in [6.07, 6.45) is 5.31. The average molecular weight is 467 g/mol. The maximum Gasteiger partial charge on any atom is 0.257 e. The number of nitrogens with one attached hydrogen (secondary N) is 2. The molecule has 0 fully saturated rings. The highest BCUT2D eigenvalue weighted by Gasteiger charge is 2.24. The van der Waals surface area contributed by atoms with E-state index >= 15 is 0 Å². The predicted octanol–water partition coefficient (Wildman–Crippen LogP) is 5.50. The molecule has 164 valence electrons. The summed E-state index contributed by atoms with van der Waals surface area (Å²) in [7, 11) is 0. The first-order valence-corrected chi connectivity index (χ1v) is 11.1. The summed E-state index contributed by atoms with van der Waals surface area (Å²) in [5.41, 5.74) is 3.64. The Morgan fingerprint density at radius 3 is 2.28 bits per heavy atom. The number of hydrogen-bond donors (Lipinski definition) is 3. The minimum absolute atomic E-state index is 0.0475. The van der Waals surface area contributed by atoms with Crippen molar-refractivity contribution >= 4 is 41.0 Å². The van der Waals surface area contributed by atoms with E-state index < -0.39 is 0 Å². The molecule has 0 aliphatic carbocycles. The summed E-state index contributed by atoms with van der Waals surface area (Å²) in [4.78, 5) is 13.2. The molecular weight excluding hydrogens is 441 g/mol. The zero-order valence-corrected chi connectivity index (χ0v) is 19.3. The Labute approximate surface area is 198 Å². The summed E-state index contributed by atoms with van der Waals surface area (Å²) in [5, 5.41) is 13.5. The van der Waals surface area contributed by atoms with Gasteiger partial charge in [-0.1, -0.05) is 59.6 Å². The molecule has 0 bridgehead atoms. The second kappa shape index (κ2) is 11.6. The first-order valence-electron chi connectivity index (χ1n) is 10.4. The molecule has 0 radical (unpaired) electrons. The van der Waals surface area contributed by atoms with Crippen molar-refractivity contribution in [2.45, 2.75) is 25.3 Å². The quantitative estimate of drug-likeness (QED) is 0.283. The number of halogens is 2. The number of rotatable bonds is 9. The maximum atomic E-state index is 13.2. The lowest BCUT2D eigenvalue weighted by Crippen LogP contribution is -2.71. The van der Waals surface area contributed by atoms with Gasteiger partial charge in [0.05, 0.1) is 6.20 Å². The third-order valence-electron chi connectivity index (χ3n) is 5.32. The second-order valence-electron chi connectivity index (χ2n) is 7.56. The fourth-order valence-corrected chi connectivity index (χ4v) is 3.87. The van der Waals surface area contributed by atoms with Crippen LogP contribution in [0, 0.1) is 5.41 Å². The number of carbonyl (C=O) groups excluding carboxylic acids is 1. The number of para-hydroxylation sites is 1. The fourth-order valence-electron chi connectivity index (χ4n) is 3.62. The Balaban J connectivity index is 1.83. The zero-order chi connectivity index (χ0) is 22.9. The summed E-state index contributed by atoms with van der Waals surface area (Å²) < 4.78 is 0. The van der Waals surface area contributed by atoms with Gasteiger partial charge in [0.25, 0.3) is 5.91 Å². The van der Waals surface area contributed by atoms with Crippen molar-refractivity contribution in [2.75, 3.05) is 0 Å². The van der Waals surface area contributed by atoms with Crippen LogP contribution in [0.1, 0.15) is 34.3 Å². The fraction of sp³-hybridized carbons (Fsp3) is 0.154. The Morgan fingerprint density at radius 2 is 1.62 bits per heavy atom. The third kappa shape index (κ3) is 6.54. The van der Waals surface area contributed by atoms with Gasteiger partial charge in [-0.05, 0) is 54.8 Å². The maximum absolute atomic E-state index is 13.2. The van der Waals surface area contributed by atoms with E-state index in [2.05, 4.69) is 5.32 Å². The predicted molar refractivity (Wildman–Crippen MR) is 132 cm³/mol. The minimum Gasteiger partial charge on any atom is -0.349 e. The molecular formula is C26H26Cl2N3O+. The number of quaternary nitrogens is 1. The normalized spacial score (nSPS) is 13.0. The largest absolute Gasteiger partial charge is 0.349 e. The SMILES string of the molecule is C[C@@H](NC(=O)c1ccccc1[NH2+]/C=C\C=N)[C@H](Cc1ccc(Cl)cc1)c1ccc(Cl)cc1. The van der Waals surface area contributed by atoms with E-state index in [9.17, 15) is 4.79 Å². The molecule has 0 spiro atoms. The molecule has 1 amide bonds. The molecule has 0 unspecified atom stereocenters. The average Bonchev–Trinajstić information content (AvgIpc) is 2.80. The van der Waals surface area contributed by atoms with E-state index in [-0.39, 0.29) is 17.9 Å². The number of benzene rings is 3. The molecule has 2 atom stereocenters. The van der Waals surface area contributed by atoms with Gasteiger partial charge in [0.1, 0.15) is 11.3 Å². The van der Waals surface area contributed by atoms with Gasteiger partial charge >= 0.3 is 0 Å². The van der Waals surface area contributed by atoms with Crippen LogP contribution in [0.2, 0.25) is 10.0 Å². The number of hydrogen-bond acceptors (Lipinski definition) is 2. The van der Waals surface area contributed by atoms with Crippen LogP contribution in [0.4, 0.5) is 5.69 Å². The highest BCUT2D eigenvalue weighted by atomic mass is 35.5. The smallest absolute Gasteiger partial charge is 0.257 e. The second-order valence-corrected chi connectivity index (χ2v) is 8.43. The zero-order valence-electron chi connectivity index (χ0n) is 17.8. The lowest BCUT2D eigenvalue weighted by atomic mass is 9.86. The highest BCUT2D eigenvalue weighted by Crippen LogP contribution is 2.27. The number of allylic oxidation sites excluding steroid dienone is 1. The lowest BCUT2D eigenvalue weighted by Gasteiger charge is -2.26. The van der Waals surface area contributed by atoms with E-state index in [1.165, 1.54) is 6.21 Å². The van der Waals surface area contributed by atoms with Crippen molar-refractivity contribution in [2.24, 2.45) is 0 Å². The van der Waals surface area contributed by atoms with Crippen LogP contribution in [0.5, 0.6) is 0 Å². The lowest BCUT2D eigenvalue weighted by molar-refractivity contribution is -0.496. The van der Waals surface area contributed by atoms with Crippen LogP contribution >= 0.6 is 23.2 Å². The van der Waals surface area contributed by atoms with Crippen molar-refractivity contribution in [1.29, 1.82) is 5.41 Å². The molecule has 0 aliphatic rings. The van der Waals surface area contributed by atoms with Crippen molar-refractivity contribution < 1.29 is 10.1 Å². The van der Waals surface area contributed by atoms with E-state index in [0.717, 1.165) is 23.2 Å². The molecule has 3 rings (SSSR count). The Hall–Kier alpha value is -2.92. The van der Waals surface area contributed by atoms with Gasteiger partial charge in [-0.2, -0.15) is 0 Å². The van der Waals surface area contributed by atoms with Crippen molar-refractivity contribution in [3.8, 4) is 0 Å². The van der Waals surface area contributed by atoms with Crippen LogP contribution in [-0.4, -0.2) is 18.2 Å². The summed E-state index contributed by atoms with van der Waals surface area (Å²) >= 11 is 12.2. The van der Waals surface area contributed by atoms with Gasteiger partial charge < -0.3 is 10.7 Å². The highest BCUT2D eigenvalue weighted by molar-refractivity contribution is 6.30. The van der Waals surface area contributed by atoms with Crippen molar-refractivity contribution in [1.82, 2.24) is 5.32 Å². The van der Waals surface area contributed by atoms with Crippen LogP contribution < -0.4 is 10.6 Å². The Bertz CT molecular complexity index is 1080. The third-order valence-corrected chi connectivity index (χ3v) is 5.82. The molecule has 32 heavy (non-hydrogen) atoms. The van der Waals surface area contributed by atoms with Crippen LogP contribution in [0.25, 0.3) is 0 Å². The molecule has 4 nitrogen and oxygen atoms in total. The molecule has 6 heteroatoms. The van der Waals surface area contributed by atoms with Crippen LogP contribution in [0.3, 0.4) is 0 Å². The molecule has 0 aliphatic heterocycles. The first kappa shape index (κ1) is 23.7. The van der Waals surface area contributed by atoms with Gasteiger partial charge in [-0.3, -0.25) is 10.1 Å². The monoisotopic (exact) mass is 466 g/mol. The summed E-state index contributed by atoms with van der Waals surface area (Å²) in [5.74, 6) is -0.0889. The van der Waals surface area contributed by atoms with Gasteiger partial charge in [0.2, 0.25) is 0 Å². The van der Waals surface area contributed by atoms with Gasteiger partial charge in [-0.25, -0.2) is 0 Å². The van der Waals surface area contributed by atoms with Crippen molar-refractivity contribution in [3.05, 3.63) is 112 Å². The summed E-state index contributed by atoms with van der Waals surface area (Å²) in [6.45, 7) is 2.02. The van der Waals surface area contributed by atoms with E-state index in [1.807, 2.05) is 85.0 Å². The Kier molecular flexibility index (Phi) is 8.63. The number of carbonyl (C=O) groups is 1. The number of amides is 1. The van der Waals surface area contributed by atoms with E-state index in [1.54, 1.807) is 12.3 Å². The first-order chi connectivity index (χ1) is 15.5. The Morgan fingerprint density at radius 1 is 1.00 bits per heavy atom. The molecule has 3 aromatic carbocycles. The molecule has 0 saturated carbocycles. The standard InChI is InChI=1S/C26H25Cl2N3O/c1-18(31-26(32)23-5-2-3-6-25(23)30-16-4-15-29)24(20-9-13-22(28)14-10-20)17-19-7-11-21(27)12-8-19/h2-16,18,24,29-30H,17H2,1H3,(H,31,32)/p+1/b16-4-,29-15?/t18-,24+/m1/s1. The molecule has 3 aromatic rings. The topological polar surface area (TPSA) is 69.6 Å². The number of nitrogens with two attached hydrogens (primary N) is 1. The van der Waals surface area contributed by atoms with Gasteiger partial charge in [0, 0.05) is 40.4 Å². The molecule has 4 N–H and O–H groups in total. The van der Waals surface area contributed by atoms with Gasteiger partial charge in [0.15, 0.2) is 0 Å².